The molecule has 2 heteroatoms. The maximum atomic E-state index is 5.61. The van der Waals surface area contributed by atoms with Gasteiger partial charge in [-0.15, -0.1) is 0 Å². The Hall–Kier alpha value is -0.0800. The van der Waals surface area contributed by atoms with Crippen LogP contribution >= 0.6 is 0 Å². The van der Waals surface area contributed by atoms with Crippen LogP contribution in [0.25, 0.3) is 0 Å². The van der Waals surface area contributed by atoms with Gasteiger partial charge in [-0.05, 0) is 12.8 Å². The SMILES string of the molecule is [CH]C(C)C1COCOC1. The van der Waals surface area contributed by atoms with Gasteiger partial charge >= 0.3 is 0 Å². The summed E-state index contributed by atoms with van der Waals surface area (Å²) in [5.41, 5.74) is 0. The molecule has 0 aromatic carbocycles. The van der Waals surface area contributed by atoms with Crippen molar-refractivity contribution in [2.45, 2.75) is 6.92 Å². The van der Waals surface area contributed by atoms with Crippen LogP contribution in [0.4, 0.5) is 0 Å². The molecule has 0 bridgehead atoms. The van der Waals surface area contributed by atoms with Crippen molar-refractivity contribution in [2.75, 3.05) is 20.0 Å². The number of ether oxygens (including phenoxy) is 2. The Labute approximate surface area is 56.2 Å². The van der Waals surface area contributed by atoms with Gasteiger partial charge in [0, 0.05) is 5.92 Å². The van der Waals surface area contributed by atoms with Gasteiger partial charge in [0.05, 0.1) is 13.2 Å². The van der Waals surface area contributed by atoms with E-state index in [0.717, 1.165) is 13.2 Å². The minimum Gasteiger partial charge on any atom is -0.355 e. The Bertz CT molecular complexity index is 75.0. The lowest BCUT2D eigenvalue weighted by Gasteiger charge is -2.24. The van der Waals surface area contributed by atoms with E-state index in [1.807, 2.05) is 6.92 Å². The van der Waals surface area contributed by atoms with Crippen LogP contribution in [0.2, 0.25) is 0 Å². The average molecular weight is 128 g/mol. The predicted octanol–water partition coefficient (Wildman–Crippen LogP) is 0.954. The summed E-state index contributed by atoms with van der Waals surface area (Å²) < 4.78 is 10.1. The molecule has 0 aromatic rings. The van der Waals surface area contributed by atoms with Crippen molar-refractivity contribution in [3.05, 3.63) is 6.92 Å². The molecule has 1 atom stereocenters. The molecule has 0 saturated carbocycles. The first kappa shape index (κ1) is 7.03. The molecule has 1 aliphatic rings. The van der Waals surface area contributed by atoms with Gasteiger partial charge in [0.2, 0.25) is 0 Å². The molecule has 0 aliphatic carbocycles. The summed E-state index contributed by atoms with van der Waals surface area (Å²) in [6, 6.07) is 0. The van der Waals surface area contributed by atoms with Gasteiger partial charge in [-0.25, -0.2) is 0 Å². The molecule has 0 amide bonds. The lowest BCUT2D eigenvalue weighted by atomic mass is 9.98. The van der Waals surface area contributed by atoms with Gasteiger partial charge < -0.3 is 9.47 Å². The van der Waals surface area contributed by atoms with Crippen LogP contribution in [0.5, 0.6) is 0 Å². The highest BCUT2D eigenvalue weighted by Gasteiger charge is 2.17. The normalized spacial score (nSPS) is 23.0. The lowest BCUT2D eigenvalue weighted by Crippen LogP contribution is -2.27. The molecule has 0 N–H and O–H groups in total. The van der Waals surface area contributed by atoms with Gasteiger partial charge in [-0.1, -0.05) is 6.92 Å². The summed E-state index contributed by atoms with van der Waals surface area (Å²) in [4.78, 5) is 0. The first-order chi connectivity index (χ1) is 4.30. The van der Waals surface area contributed by atoms with Gasteiger partial charge in [0.15, 0.2) is 0 Å². The molecule has 1 fully saturated rings. The summed E-state index contributed by atoms with van der Waals surface area (Å²) in [5, 5.41) is 0. The Morgan fingerprint density at radius 1 is 1.44 bits per heavy atom. The Kier molecular flexibility index (Phi) is 2.49. The molecule has 1 heterocycles. The third kappa shape index (κ3) is 1.95. The molecule has 1 saturated heterocycles. The quantitative estimate of drug-likeness (QED) is 0.523. The lowest BCUT2D eigenvalue weighted by molar-refractivity contribution is -0.132. The average Bonchev–Trinajstić information content (AvgIpc) is 1.90. The fourth-order valence-corrected chi connectivity index (χ4v) is 0.810. The zero-order valence-corrected chi connectivity index (χ0v) is 5.67. The Morgan fingerprint density at radius 3 is 2.33 bits per heavy atom. The van der Waals surface area contributed by atoms with E-state index in [-0.39, 0.29) is 5.92 Å². The largest absolute Gasteiger partial charge is 0.355 e. The smallest absolute Gasteiger partial charge is 0.146 e. The molecule has 0 spiro atoms. The number of hydrogen-bond acceptors (Lipinski definition) is 2. The van der Waals surface area contributed by atoms with Crippen molar-refractivity contribution in [3.63, 3.8) is 0 Å². The Morgan fingerprint density at radius 2 is 2.00 bits per heavy atom. The maximum absolute atomic E-state index is 5.61. The van der Waals surface area contributed by atoms with E-state index in [9.17, 15) is 0 Å². The standard InChI is InChI=1S/C7H12O2/c1-6(2)7-3-8-5-9-4-7/h1,6-7H,3-5H2,2H3. The zero-order valence-electron chi connectivity index (χ0n) is 5.67. The molecule has 2 nitrogen and oxygen atoms in total. The topological polar surface area (TPSA) is 18.5 Å². The van der Waals surface area contributed by atoms with E-state index in [1.165, 1.54) is 0 Å². The second kappa shape index (κ2) is 3.18. The van der Waals surface area contributed by atoms with Crippen LogP contribution in [-0.4, -0.2) is 20.0 Å². The third-order valence-electron chi connectivity index (χ3n) is 1.57. The molecule has 1 aliphatic heterocycles. The highest BCUT2D eigenvalue weighted by molar-refractivity contribution is 4.68. The third-order valence-corrected chi connectivity index (χ3v) is 1.57. The number of rotatable bonds is 1. The zero-order chi connectivity index (χ0) is 6.69. The van der Waals surface area contributed by atoms with Gasteiger partial charge in [0.25, 0.3) is 0 Å². The molecule has 0 aromatic heterocycles. The summed E-state index contributed by atoms with van der Waals surface area (Å²) in [6.45, 7) is 9.51. The summed E-state index contributed by atoms with van der Waals surface area (Å²) in [6.07, 6.45) is 0. The fourth-order valence-electron chi connectivity index (χ4n) is 0.810. The highest BCUT2D eigenvalue weighted by Crippen LogP contribution is 2.14. The van der Waals surface area contributed by atoms with Crippen LogP contribution < -0.4 is 0 Å². The molecule has 1 unspecified atom stereocenters. The molecular weight excluding hydrogens is 116 g/mol. The van der Waals surface area contributed by atoms with E-state index < -0.39 is 0 Å². The van der Waals surface area contributed by atoms with E-state index in [4.69, 9.17) is 16.4 Å². The molecule has 52 valence electrons. The van der Waals surface area contributed by atoms with E-state index in [0.29, 0.717) is 12.7 Å². The van der Waals surface area contributed by atoms with Crippen LogP contribution in [0.3, 0.4) is 0 Å². The van der Waals surface area contributed by atoms with Crippen molar-refractivity contribution >= 4 is 0 Å². The van der Waals surface area contributed by atoms with Crippen LogP contribution in [0.15, 0.2) is 0 Å². The van der Waals surface area contributed by atoms with Crippen molar-refractivity contribution in [1.82, 2.24) is 0 Å². The van der Waals surface area contributed by atoms with Crippen LogP contribution in [-0.2, 0) is 9.47 Å². The van der Waals surface area contributed by atoms with E-state index in [2.05, 4.69) is 0 Å². The predicted molar refractivity (Wildman–Crippen MR) is 33.7 cm³/mol. The van der Waals surface area contributed by atoms with E-state index >= 15 is 0 Å². The molecular formula is C7H12O2. The highest BCUT2D eigenvalue weighted by atomic mass is 16.7. The van der Waals surface area contributed by atoms with Gasteiger partial charge in [-0.2, -0.15) is 0 Å². The van der Waals surface area contributed by atoms with Crippen LogP contribution in [0, 0.1) is 18.8 Å². The van der Waals surface area contributed by atoms with Crippen molar-refractivity contribution in [1.29, 1.82) is 0 Å². The second-order valence-electron chi connectivity index (χ2n) is 2.48. The van der Waals surface area contributed by atoms with Gasteiger partial charge in [-0.3, -0.25) is 0 Å². The fraction of sp³-hybridized carbons (Fsp3) is 0.857. The second-order valence-corrected chi connectivity index (χ2v) is 2.48. The minimum atomic E-state index is 0.185. The van der Waals surface area contributed by atoms with Crippen molar-refractivity contribution < 1.29 is 9.47 Å². The monoisotopic (exact) mass is 128 g/mol. The Balaban J connectivity index is 2.23. The van der Waals surface area contributed by atoms with Crippen molar-refractivity contribution in [3.8, 4) is 0 Å². The number of hydrogen-bond donors (Lipinski definition) is 0. The van der Waals surface area contributed by atoms with E-state index in [1.54, 1.807) is 0 Å². The minimum absolute atomic E-state index is 0.185. The van der Waals surface area contributed by atoms with Gasteiger partial charge in [0.1, 0.15) is 6.79 Å². The summed E-state index contributed by atoms with van der Waals surface area (Å²) in [7, 11) is 0. The first-order valence-corrected chi connectivity index (χ1v) is 3.22. The summed E-state index contributed by atoms with van der Waals surface area (Å²) >= 11 is 0. The molecule has 2 radical (unpaired) electrons. The first-order valence-electron chi connectivity index (χ1n) is 3.22. The van der Waals surface area contributed by atoms with Crippen molar-refractivity contribution in [2.24, 2.45) is 11.8 Å². The molecule has 1 rings (SSSR count). The van der Waals surface area contributed by atoms with Crippen LogP contribution in [0.1, 0.15) is 6.92 Å². The summed E-state index contributed by atoms with van der Waals surface area (Å²) in [5.74, 6) is 0.573. The maximum Gasteiger partial charge on any atom is 0.146 e. The molecule has 9 heavy (non-hydrogen) atoms.